The molecule has 0 rings (SSSR count). The minimum Gasteiger partial charge on any atom is -1.00 e. The minimum absolute atomic E-state index is 0. The topological polar surface area (TPSA) is 0 Å². The summed E-state index contributed by atoms with van der Waals surface area (Å²) >= 11 is 0. The van der Waals surface area contributed by atoms with Crippen LogP contribution in [0.4, 0.5) is 0 Å². The van der Waals surface area contributed by atoms with E-state index >= 15 is 0 Å². The fourth-order valence-electron chi connectivity index (χ4n) is 0. The molecule has 0 radical (unpaired) electrons. The molecule has 0 aromatic rings. The van der Waals surface area contributed by atoms with Gasteiger partial charge in [0.15, 0.2) is 0 Å². The van der Waals surface area contributed by atoms with E-state index in [0.717, 1.165) is 0 Å². The van der Waals surface area contributed by atoms with Crippen molar-refractivity contribution >= 4 is 0 Å². The molecular formula is H5CsKLiNaRb. The van der Waals surface area contributed by atoms with Gasteiger partial charge < -0.3 is 7.13 Å². The zero-order chi connectivity index (χ0) is 0. The van der Waals surface area contributed by atoms with Crippen molar-refractivity contribution in [2.45, 2.75) is 0 Å². The summed E-state index contributed by atoms with van der Waals surface area (Å²) in [6, 6.07) is 0. The molecule has 0 aliphatic heterocycles. The molecule has 0 unspecified atom stereocenters. The van der Waals surface area contributed by atoms with Crippen LogP contribution in [0.15, 0.2) is 0 Å². The maximum Gasteiger partial charge on any atom is 1.00 e. The van der Waals surface area contributed by atoms with Crippen LogP contribution in [-0.2, 0) is 0 Å². The minimum atomic E-state index is 0. The van der Waals surface area contributed by atoms with Crippen LogP contribution in [0.5, 0.6) is 0 Å². The van der Waals surface area contributed by atoms with Crippen molar-refractivity contribution in [2.75, 3.05) is 0 Å². The monoisotopic (exact) mass is 292 g/mol. The molecule has 0 nitrogen and oxygen atoms in total. The maximum absolute atomic E-state index is 0. The van der Waals surface area contributed by atoms with Gasteiger partial charge in [0.05, 0.1) is 0 Å². The first-order valence-electron chi connectivity index (χ1n) is 0. The van der Waals surface area contributed by atoms with Crippen molar-refractivity contribution in [1.29, 1.82) is 0 Å². The Kier molecular flexibility index (Phi) is 133. The molecule has 0 fully saturated rings. The van der Waals surface area contributed by atoms with E-state index in [0.29, 0.717) is 0 Å². The van der Waals surface area contributed by atoms with E-state index in [4.69, 9.17) is 0 Å². The first kappa shape index (κ1) is 29.6. The molecule has 0 heterocycles. The van der Waals surface area contributed by atoms with Crippen molar-refractivity contribution in [3.05, 3.63) is 0 Å². The molecule has 0 aromatic heterocycles. The fourth-order valence-corrected chi connectivity index (χ4v) is 0. The summed E-state index contributed by atoms with van der Waals surface area (Å²) in [6.45, 7) is 0. The molecule has 0 saturated heterocycles. The van der Waals surface area contributed by atoms with Crippen LogP contribution in [0.1, 0.15) is 7.13 Å². The van der Waals surface area contributed by atoms with Gasteiger partial charge >= 0.3 is 227 Å². The summed E-state index contributed by atoms with van der Waals surface area (Å²) < 4.78 is 0. The van der Waals surface area contributed by atoms with E-state index in [1.165, 1.54) is 0 Å². The summed E-state index contributed by atoms with van der Waals surface area (Å²) in [5.74, 6) is 0. The summed E-state index contributed by atoms with van der Waals surface area (Å²) in [7, 11) is 0. The van der Waals surface area contributed by atoms with Gasteiger partial charge in [-0.05, 0) is 0 Å². The van der Waals surface area contributed by atoms with E-state index in [2.05, 4.69) is 0 Å². The Morgan fingerprint density at radius 3 is 1.20 bits per heavy atom. The molecule has 0 saturated carbocycles. The van der Waals surface area contributed by atoms with E-state index in [9.17, 15) is 0 Å². The first-order valence-corrected chi connectivity index (χ1v) is 0. The second-order valence-electron chi connectivity index (χ2n) is 0. The van der Waals surface area contributed by atoms with Crippen molar-refractivity contribution in [3.8, 4) is 0 Å². The van der Waals surface area contributed by atoms with Gasteiger partial charge in [-0.3, -0.25) is 0 Å². The molecule has 0 N–H and O–H groups in total. The summed E-state index contributed by atoms with van der Waals surface area (Å²) in [6.07, 6.45) is 0. The third-order valence-corrected chi connectivity index (χ3v) is 0. The molecule has 0 aliphatic carbocycles. The van der Waals surface area contributed by atoms with Gasteiger partial charge in [0.1, 0.15) is 0 Å². The predicted molar refractivity (Wildman–Crippen MR) is 5.56 cm³/mol. The van der Waals surface area contributed by atoms with Gasteiger partial charge in [-0.2, -0.15) is 0 Å². The molecule has 0 bridgehead atoms. The Morgan fingerprint density at radius 2 is 1.20 bits per heavy atom. The van der Waals surface area contributed by atoms with Crippen LogP contribution < -0.4 is 227 Å². The van der Waals surface area contributed by atoms with Crippen LogP contribution in [0.25, 0.3) is 0 Å². The largest absolute Gasteiger partial charge is 1.00 e. The molecular weight excluding hydrogens is 287 g/mol. The number of hydrogen-bond acceptors (Lipinski definition) is 0. The molecule has 0 amide bonds. The summed E-state index contributed by atoms with van der Waals surface area (Å²) in [5.41, 5.74) is 0. The normalized spacial score (nSPS) is 0. The van der Waals surface area contributed by atoms with E-state index in [1.807, 2.05) is 0 Å². The van der Waals surface area contributed by atoms with Gasteiger partial charge in [-0.15, -0.1) is 0 Å². The van der Waals surface area contributed by atoms with Crippen molar-refractivity contribution < 1.29 is 234 Å². The standard InChI is InChI=1S/Cs.K.Li.Na.Rb.5H/q5*+1;5*-1. The molecule has 5 heteroatoms. The van der Waals surface area contributed by atoms with Crippen LogP contribution >= 0.6 is 0 Å². The quantitative estimate of drug-likeness (QED) is 0.389. The third-order valence-electron chi connectivity index (χ3n) is 0. The zero-order valence-electron chi connectivity index (χ0n) is 10.0. The SMILES string of the molecule is [Cs+].[H-].[H-].[H-].[H-].[H-].[K+].[Li+].[Na+].[Rb+]. The molecule has 0 atom stereocenters. The average molecular weight is 292 g/mol. The Bertz CT molecular complexity index is 21.6. The Labute approximate surface area is 225 Å². The van der Waals surface area contributed by atoms with Crippen LogP contribution in [0, 0.1) is 0 Å². The first-order chi connectivity index (χ1) is 0. The Balaban J connectivity index is 0. The van der Waals surface area contributed by atoms with E-state index in [1.54, 1.807) is 0 Å². The van der Waals surface area contributed by atoms with Crippen molar-refractivity contribution in [1.82, 2.24) is 0 Å². The van der Waals surface area contributed by atoms with Gasteiger partial charge in [0.2, 0.25) is 0 Å². The van der Waals surface area contributed by atoms with E-state index < -0.39 is 0 Å². The zero-order valence-corrected chi connectivity index (χ0v) is 21.3. The van der Waals surface area contributed by atoms with Gasteiger partial charge in [0.25, 0.3) is 0 Å². The predicted octanol–water partition coefficient (Wildman–Crippen LogP) is -14.4. The Morgan fingerprint density at radius 1 is 1.20 bits per heavy atom. The molecule has 0 aliphatic rings. The Hall–Kier alpha value is 7.09. The summed E-state index contributed by atoms with van der Waals surface area (Å²) in [4.78, 5) is 0. The third kappa shape index (κ3) is 18.2. The molecule has 0 spiro atoms. The van der Waals surface area contributed by atoms with Crippen LogP contribution in [0.2, 0.25) is 0 Å². The number of rotatable bonds is 0. The second-order valence-corrected chi connectivity index (χ2v) is 0. The van der Waals surface area contributed by atoms with Gasteiger partial charge in [-0.25, -0.2) is 0 Å². The second kappa shape index (κ2) is 22.5. The maximum atomic E-state index is 0. The molecule has 0 aromatic carbocycles. The number of hydrogen-bond donors (Lipinski definition) is 0. The molecule has 5 heavy (non-hydrogen) atoms. The van der Waals surface area contributed by atoms with Crippen LogP contribution in [-0.4, -0.2) is 0 Å². The molecule has 10 valence electrons. The van der Waals surface area contributed by atoms with Gasteiger partial charge in [-0.1, -0.05) is 0 Å². The van der Waals surface area contributed by atoms with Crippen molar-refractivity contribution in [3.63, 3.8) is 0 Å². The fraction of sp³-hybridized carbons (Fsp3) is 0. The van der Waals surface area contributed by atoms with E-state index in [-0.39, 0.29) is 234 Å². The van der Waals surface area contributed by atoms with Crippen LogP contribution in [0.3, 0.4) is 0 Å². The van der Waals surface area contributed by atoms with Crippen molar-refractivity contribution in [2.24, 2.45) is 0 Å². The summed E-state index contributed by atoms with van der Waals surface area (Å²) in [5, 5.41) is 0. The smallest absolute Gasteiger partial charge is 1.00 e. The average Bonchev–Trinajstić information content (AvgIpc) is 0. The van der Waals surface area contributed by atoms with Gasteiger partial charge in [0, 0.05) is 0 Å².